The van der Waals surface area contributed by atoms with Crippen LogP contribution >= 0.6 is 15.9 Å². The van der Waals surface area contributed by atoms with Crippen LogP contribution in [0, 0.1) is 11.7 Å². The van der Waals surface area contributed by atoms with Gasteiger partial charge in [-0.15, -0.1) is 0 Å². The monoisotopic (exact) mass is 344 g/mol. The molecular formula is C17H14BrFN2. The number of aromatic nitrogens is 2. The molecule has 1 heterocycles. The van der Waals surface area contributed by atoms with Crippen LogP contribution in [0.25, 0.3) is 22.2 Å². The fourth-order valence-electron chi connectivity index (χ4n) is 2.72. The smallest absolute Gasteiger partial charge is 0.149 e. The number of fused-ring (bicyclic) bond motifs is 1. The van der Waals surface area contributed by atoms with E-state index in [2.05, 4.69) is 15.9 Å². The molecule has 106 valence electrons. The summed E-state index contributed by atoms with van der Waals surface area (Å²) >= 11 is 3.49. The maximum absolute atomic E-state index is 14.3. The van der Waals surface area contributed by atoms with Gasteiger partial charge in [-0.25, -0.2) is 4.39 Å². The second-order valence-electron chi connectivity index (χ2n) is 5.62. The molecule has 0 atom stereocenters. The number of benzene rings is 2. The van der Waals surface area contributed by atoms with E-state index in [0.29, 0.717) is 11.4 Å². The van der Waals surface area contributed by atoms with Crippen molar-refractivity contribution in [2.75, 3.05) is 0 Å². The predicted octanol–water partition coefficient (Wildman–Crippen LogP) is 5.01. The summed E-state index contributed by atoms with van der Waals surface area (Å²) in [6.45, 7) is 0.811. The largest absolute Gasteiger partial charge is 0.261 e. The molecule has 1 fully saturated rings. The van der Waals surface area contributed by atoms with Gasteiger partial charge in [0.2, 0.25) is 0 Å². The van der Waals surface area contributed by atoms with Crippen LogP contribution < -0.4 is 0 Å². The third kappa shape index (κ3) is 2.38. The molecule has 1 aliphatic carbocycles. The first-order valence-electron chi connectivity index (χ1n) is 7.13. The van der Waals surface area contributed by atoms with Gasteiger partial charge in [0.15, 0.2) is 0 Å². The zero-order valence-corrected chi connectivity index (χ0v) is 13.0. The molecule has 0 saturated heterocycles. The van der Waals surface area contributed by atoms with Crippen LogP contribution in [0.15, 0.2) is 46.9 Å². The molecule has 1 saturated carbocycles. The van der Waals surface area contributed by atoms with Crippen LogP contribution in [0.4, 0.5) is 4.39 Å². The molecule has 0 N–H and O–H groups in total. The Balaban J connectivity index is 1.94. The maximum atomic E-state index is 14.3. The summed E-state index contributed by atoms with van der Waals surface area (Å²) in [5.74, 6) is 0.463. The first-order valence-corrected chi connectivity index (χ1v) is 7.92. The second-order valence-corrected chi connectivity index (χ2v) is 6.54. The van der Waals surface area contributed by atoms with Crippen molar-refractivity contribution >= 4 is 26.8 Å². The summed E-state index contributed by atoms with van der Waals surface area (Å²) in [6.07, 6.45) is 2.45. The van der Waals surface area contributed by atoms with E-state index in [0.717, 1.165) is 27.7 Å². The lowest BCUT2D eigenvalue weighted by molar-refractivity contribution is 0.561. The van der Waals surface area contributed by atoms with E-state index in [1.165, 1.54) is 18.9 Å². The van der Waals surface area contributed by atoms with Gasteiger partial charge in [-0.05, 0) is 37.0 Å². The van der Waals surface area contributed by atoms with E-state index < -0.39 is 0 Å². The van der Waals surface area contributed by atoms with Gasteiger partial charge in [0.25, 0.3) is 0 Å². The van der Waals surface area contributed by atoms with Crippen molar-refractivity contribution in [3.63, 3.8) is 0 Å². The van der Waals surface area contributed by atoms with Gasteiger partial charge >= 0.3 is 0 Å². The van der Waals surface area contributed by atoms with Crippen molar-refractivity contribution in [1.29, 1.82) is 0 Å². The summed E-state index contributed by atoms with van der Waals surface area (Å²) in [7, 11) is 0. The highest BCUT2D eigenvalue weighted by Crippen LogP contribution is 2.35. The van der Waals surface area contributed by atoms with E-state index in [1.807, 2.05) is 35.0 Å². The molecule has 2 aromatic carbocycles. The Morgan fingerprint density at radius 3 is 2.76 bits per heavy atom. The van der Waals surface area contributed by atoms with E-state index >= 15 is 0 Å². The molecular weight excluding hydrogens is 331 g/mol. The summed E-state index contributed by atoms with van der Waals surface area (Å²) in [4.78, 5) is 0. The van der Waals surface area contributed by atoms with E-state index in [1.54, 1.807) is 6.07 Å². The van der Waals surface area contributed by atoms with Crippen molar-refractivity contribution < 1.29 is 4.39 Å². The molecule has 4 rings (SSSR count). The fraction of sp³-hybridized carbons (Fsp3) is 0.235. The van der Waals surface area contributed by atoms with Crippen molar-refractivity contribution in [3.05, 3.63) is 52.8 Å². The van der Waals surface area contributed by atoms with Crippen molar-refractivity contribution in [2.24, 2.45) is 5.92 Å². The number of nitrogens with zero attached hydrogens (tertiary/aromatic N) is 2. The highest BCUT2D eigenvalue weighted by atomic mass is 79.9. The number of halogens is 2. The zero-order chi connectivity index (χ0) is 14.4. The van der Waals surface area contributed by atoms with E-state index in [-0.39, 0.29) is 5.82 Å². The summed E-state index contributed by atoms with van der Waals surface area (Å²) in [5.41, 5.74) is 2.49. The standard InChI is InChI=1S/C17H14BrFN2/c18-13-4-1-3-12(9-13)16-14-5-2-6-15(19)17(14)21(20-16)10-11-7-8-11/h1-6,9,11H,7-8,10H2. The van der Waals surface area contributed by atoms with Gasteiger partial charge < -0.3 is 0 Å². The minimum atomic E-state index is -0.193. The van der Waals surface area contributed by atoms with Crippen LogP contribution in [0.5, 0.6) is 0 Å². The lowest BCUT2D eigenvalue weighted by Gasteiger charge is -2.01. The SMILES string of the molecule is Fc1cccc2c(-c3cccc(Br)c3)nn(CC3CC3)c12. The summed E-state index contributed by atoms with van der Waals surface area (Å²) < 4.78 is 17.1. The number of para-hydroxylation sites is 1. The molecule has 2 nitrogen and oxygen atoms in total. The Kier molecular flexibility index (Phi) is 3.07. The molecule has 0 radical (unpaired) electrons. The maximum Gasteiger partial charge on any atom is 0.149 e. The lowest BCUT2D eigenvalue weighted by atomic mass is 10.1. The van der Waals surface area contributed by atoms with Crippen LogP contribution in [0.2, 0.25) is 0 Å². The first kappa shape index (κ1) is 13.0. The molecule has 0 spiro atoms. The number of rotatable bonds is 3. The highest BCUT2D eigenvalue weighted by Gasteiger charge is 2.25. The molecule has 3 aromatic rings. The van der Waals surface area contributed by atoms with Crippen LogP contribution in [0.3, 0.4) is 0 Å². The molecule has 0 unspecified atom stereocenters. The average molecular weight is 345 g/mol. The molecule has 0 bridgehead atoms. The molecule has 4 heteroatoms. The normalized spacial score (nSPS) is 14.8. The molecule has 0 amide bonds. The van der Waals surface area contributed by atoms with Gasteiger partial charge in [0, 0.05) is 22.0 Å². The van der Waals surface area contributed by atoms with Gasteiger partial charge in [-0.1, -0.05) is 40.2 Å². The molecule has 0 aliphatic heterocycles. The first-order chi connectivity index (χ1) is 10.2. The quantitative estimate of drug-likeness (QED) is 0.652. The lowest BCUT2D eigenvalue weighted by Crippen LogP contribution is -2.02. The highest BCUT2D eigenvalue weighted by molar-refractivity contribution is 9.10. The Labute approximate surface area is 130 Å². The molecule has 21 heavy (non-hydrogen) atoms. The van der Waals surface area contributed by atoms with Gasteiger partial charge in [-0.3, -0.25) is 4.68 Å². The topological polar surface area (TPSA) is 17.8 Å². The fourth-order valence-corrected chi connectivity index (χ4v) is 3.12. The van der Waals surface area contributed by atoms with E-state index in [9.17, 15) is 4.39 Å². The third-order valence-electron chi connectivity index (χ3n) is 3.95. The zero-order valence-electron chi connectivity index (χ0n) is 11.4. The van der Waals surface area contributed by atoms with Gasteiger partial charge in [0.05, 0.1) is 0 Å². The predicted molar refractivity (Wildman–Crippen MR) is 85.6 cm³/mol. The van der Waals surface area contributed by atoms with Crippen LogP contribution in [-0.2, 0) is 6.54 Å². The van der Waals surface area contributed by atoms with E-state index in [4.69, 9.17) is 5.10 Å². The Morgan fingerprint density at radius 2 is 2.00 bits per heavy atom. The third-order valence-corrected chi connectivity index (χ3v) is 4.44. The molecule has 1 aromatic heterocycles. The van der Waals surface area contributed by atoms with Gasteiger partial charge in [-0.2, -0.15) is 5.10 Å². The number of hydrogen-bond acceptors (Lipinski definition) is 1. The Hall–Kier alpha value is -1.68. The Morgan fingerprint density at radius 1 is 1.19 bits per heavy atom. The van der Waals surface area contributed by atoms with Gasteiger partial charge in [0.1, 0.15) is 17.0 Å². The van der Waals surface area contributed by atoms with Crippen molar-refractivity contribution in [3.8, 4) is 11.3 Å². The second kappa shape index (κ2) is 4.95. The summed E-state index contributed by atoms with van der Waals surface area (Å²) in [5, 5.41) is 5.58. The van der Waals surface area contributed by atoms with Crippen molar-refractivity contribution in [2.45, 2.75) is 19.4 Å². The summed E-state index contributed by atoms with van der Waals surface area (Å²) in [6, 6.07) is 13.2. The molecule has 1 aliphatic rings. The van der Waals surface area contributed by atoms with Crippen LogP contribution in [0.1, 0.15) is 12.8 Å². The Bertz CT molecular complexity index is 821. The minimum absolute atomic E-state index is 0.193. The van der Waals surface area contributed by atoms with Crippen molar-refractivity contribution in [1.82, 2.24) is 9.78 Å². The minimum Gasteiger partial charge on any atom is -0.261 e. The van der Waals surface area contributed by atoms with Crippen LogP contribution in [-0.4, -0.2) is 9.78 Å². The number of hydrogen-bond donors (Lipinski definition) is 0. The average Bonchev–Trinajstić information content (AvgIpc) is 3.20.